The van der Waals surface area contributed by atoms with E-state index in [2.05, 4.69) is 10.6 Å². The summed E-state index contributed by atoms with van der Waals surface area (Å²) in [5.74, 6) is -0.384. The van der Waals surface area contributed by atoms with Gasteiger partial charge in [0.2, 0.25) is 0 Å². The summed E-state index contributed by atoms with van der Waals surface area (Å²) in [5.41, 5.74) is 3.83. The number of fused-ring (bicyclic) bond motifs is 1. The van der Waals surface area contributed by atoms with Crippen LogP contribution in [0.4, 0.5) is 10.1 Å². The molecule has 1 amide bonds. The molecule has 2 N–H and O–H groups in total. The lowest BCUT2D eigenvalue weighted by molar-refractivity contribution is 0.0940. The van der Waals surface area contributed by atoms with Crippen molar-refractivity contribution < 1.29 is 9.18 Å². The number of hydrogen-bond acceptors (Lipinski definition) is 2. The van der Waals surface area contributed by atoms with Crippen molar-refractivity contribution in [3.8, 4) is 0 Å². The molecule has 0 saturated carbocycles. The third-order valence-corrected chi connectivity index (χ3v) is 3.79. The Morgan fingerprint density at radius 3 is 2.76 bits per heavy atom. The lowest BCUT2D eigenvalue weighted by Crippen LogP contribution is -2.26. The van der Waals surface area contributed by atoms with Gasteiger partial charge in [0.25, 0.3) is 5.91 Å². The Bertz CT molecular complexity index is 667. The number of halogens is 1. The second-order valence-corrected chi connectivity index (χ2v) is 5.30. The van der Waals surface area contributed by atoms with Gasteiger partial charge in [-0.3, -0.25) is 4.79 Å². The number of carbonyl (C=O) groups is 1. The fraction of sp³-hybridized carbons (Fsp3) is 0.235. The average Bonchev–Trinajstić information content (AvgIpc) is 2.95. The SMILES string of the molecule is C[C@H](NC(=O)c1ccc2c(c1)CCN2)c1ccc(F)cc1. The quantitative estimate of drug-likeness (QED) is 0.908. The van der Waals surface area contributed by atoms with Crippen molar-refractivity contribution in [1.29, 1.82) is 0 Å². The molecule has 2 aromatic rings. The van der Waals surface area contributed by atoms with Crippen LogP contribution in [-0.2, 0) is 6.42 Å². The van der Waals surface area contributed by atoms with E-state index >= 15 is 0 Å². The number of anilines is 1. The van der Waals surface area contributed by atoms with E-state index in [0.717, 1.165) is 24.2 Å². The minimum absolute atomic E-state index is 0.110. The Hall–Kier alpha value is -2.36. The van der Waals surface area contributed by atoms with Crippen LogP contribution in [0.5, 0.6) is 0 Å². The third kappa shape index (κ3) is 2.89. The van der Waals surface area contributed by atoms with Crippen LogP contribution in [0.2, 0.25) is 0 Å². The molecule has 0 radical (unpaired) electrons. The van der Waals surface area contributed by atoms with Gasteiger partial charge in [0.1, 0.15) is 5.82 Å². The van der Waals surface area contributed by atoms with Crippen LogP contribution in [0.3, 0.4) is 0 Å². The van der Waals surface area contributed by atoms with Gasteiger partial charge in [-0.05, 0) is 54.8 Å². The highest BCUT2D eigenvalue weighted by Gasteiger charge is 2.15. The van der Waals surface area contributed by atoms with Crippen LogP contribution in [-0.4, -0.2) is 12.5 Å². The monoisotopic (exact) mass is 284 g/mol. The summed E-state index contributed by atoms with van der Waals surface area (Å²) in [6.07, 6.45) is 0.948. The highest BCUT2D eigenvalue weighted by Crippen LogP contribution is 2.23. The first-order valence-electron chi connectivity index (χ1n) is 7.06. The smallest absolute Gasteiger partial charge is 0.251 e. The third-order valence-electron chi connectivity index (χ3n) is 3.79. The molecule has 108 valence electrons. The van der Waals surface area contributed by atoms with Crippen molar-refractivity contribution in [1.82, 2.24) is 5.32 Å². The molecule has 0 bridgehead atoms. The van der Waals surface area contributed by atoms with Gasteiger partial charge in [-0.1, -0.05) is 12.1 Å². The lowest BCUT2D eigenvalue weighted by Gasteiger charge is -2.15. The molecule has 3 nitrogen and oxygen atoms in total. The molecule has 0 aromatic heterocycles. The molecule has 1 heterocycles. The van der Waals surface area contributed by atoms with Gasteiger partial charge in [0.05, 0.1) is 6.04 Å². The Balaban J connectivity index is 1.72. The fourth-order valence-corrected chi connectivity index (χ4v) is 2.56. The van der Waals surface area contributed by atoms with Crippen LogP contribution in [0.1, 0.15) is 34.5 Å². The van der Waals surface area contributed by atoms with Gasteiger partial charge in [-0.15, -0.1) is 0 Å². The number of hydrogen-bond donors (Lipinski definition) is 2. The number of rotatable bonds is 3. The van der Waals surface area contributed by atoms with Crippen LogP contribution < -0.4 is 10.6 Å². The standard InChI is InChI=1S/C17H17FN2O/c1-11(12-2-5-15(18)6-3-12)20-17(21)14-4-7-16-13(10-14)8-9-19-16/h2-7,10-11,19H,8-9H2,1H3,(H,20,21)/t11-/m0/s1. The van der Waals surface area contributed by atoms with E-state index in [1.165, 1.54) is 17.7 Å². The molecule has 4 heteroatoms. The number of carbonyl (C=O) groups excluding carboxylic acids is 1. The minimum Gasteiger partial charge on any atom is -0.384 e. The predicted molar refractivity (Wildman–Crippen MR) is 80.9 cm³/mol. The van der Waals surface area contributed by atoms with Crippen molar-refractivity contribution in [3.05, 3.63) is 65.0 Å². The maximum Gasteiger partial charge on any atom is 0.251 e. The number of nitrogens with one attached hydrogen (secondary N) is 2. The van der Waals surface area contributed by atoms with Gasteiger partial charge in [0, 0.05) is 17.8 Å². The first-order valence-corrected chi connectivity index (χ1v) is 7.06. The Morgan fingerprint density at radius 2 is 2.00 bits per heavy atom. The molecule has 0 fully saturated rings. The first kappa shape index (κ1) is 13.6. The van der Waals surface area contributed by atoms with Gasteiger partial charge in [-0.25, -0.2) is 4.39 Å². The second kappa shape index (κ2) is 5.56. The summed E-state index contributed by atoms with van der Waals surface area (Å²) in [5, 5.41) is 6.21. The normalized spacial score (nSPS) is 14.2. The molecule has 1 aliphatic rings. The topological polar surface area (TPSA) is 41.1 Å². The maximum atomic E-state index is 12.9. The van der Waals surface area contributed by atoms with Crippen molar-refractivity contribution in [2.45, 2.75) is 19.4 Å². The van der Waals surface area contributed by atoms with Gasteiger partial charge in [0.15, 0.2) is 0 Å². The van der Waals surface area contributed by atoms with E-state index in [0.29, 0.717) is 5.56 Å². The summed E-state index contributed by atoms with van der Waals surface area (Å²) >= 11 is 0. The van der Waals surface area contributed by atoms with Gasteiger partial charge < -0.3 is 10.6 Å². The lowest BCUT2D eigenvalue weighted by atomic mass is 10.1. The van der Waals surface area contributed by atoms with Crippen LogP contribution in [0.25, 0.3) is 0 Å². The average molecular weight is 284 g/mol. The molecule has 3 rings (SSSR count). The molecular formula is C17H17FN2O. The molecule has 0 saturated heterocycles. The Kier molecular flexibility index (Phi) is 3.60. The van der Waals surface area contributed by atoms with Crippen LogP contribution in [0, 0.1) is 5.82 Å². The summed E-state index contributed by atoms with van der Waals surface area (Å²) in [7, 11) is 0. The maximum absolute atomic E-state index is 12.9. The highest BCUT2D eigenvalue weighted by atomic mass is 19.1. The van der Waals surface area contributed by atoms with E-state index in [4.69, 9.17) is 0 Å². The zero-order valence-corrected chi connectivity index (χ0v) is 11.8. The number of amides is 1. The second-order valence-electron chi connectivity index (χ2n) is 5.30. The summed E-state index contributed by atoms with van der Waals surface area (Å²) in [6.45, 7) is 2.81. The Morgan fingerprint density at radius 1 is 1.24 bits per heavy atom. The zero-order valence-electron chi connectivity index (χ0n) is 11.8. The Labute approximate surface area is 123 Å². The van der Waals surface area contributed by atoms with Crippen molar-refractivity contribution in [3.63, 3.8) is 0 Å². The molecule has 21 heavy (non-hydrogen) atoms. The number of benzene rings is 2. The minimum atomic E-state index is -0.275. The van der Waals surface area contributed by atoms with Crippen LogP contribution in [0.15, 0.2) is 42.5 Å². The van der Waals surface area contributed by atoms with E-state index < -0.39 is 0 Å². The van der Waals surface area contributed by atoms with E-state index in [1.807, 2.05) is 25.1 Å². The predicted octanol–water partition coefficient (Wildman–Crippen LogP) is 3.28. The van der Waals surface area contributed by atoms with Crippen molar-refractivity contribution in [2.75, 3.05) is 11.9 Å². The van der Waals surface area contributed by atoms with Crippen molar-refractivity contribution >= 4 is 11.6 Å². The van der Waals surface area contributed by atoms with Gasteiger partial charge in [-0.2, -0.15) is 0 Å². The molecular weight excluding hydrogens is 267 g/mol. The molecule has 1 aliphatic heterocycles. The van der Waals surface area contributed by atoms with E-state index in [1.54, 1.807) is 12.1 Å². The summed E-state index contributed by atoms with van der Waals surface area (Å²) in [4.78, 5) is 12.3. The molecule has 1 atom stereocenters. The largest absolute Gasteiger partial charge is 0.384 e. The first-order chi connectivity index (χ1) is 10.1. The van der Waals surface area contributed by atoms with Crippen molar-refractivity contribution in [2.24, 2.45) is 0 Å². The summed E-state index contributed by atoms with van der Waals surface area (Å²) in [6, 6.07) is 11.7. The van der Waals surface area contributed by atoms with Crippen LogP contribution >= 0.6 is 0 Å². The highest BCUT2D eigenvalue weighted by molar-refractivity contribution is 5.95. The zero-order chi connectivity index (χ0) is 14.8. The molecule has 0 unspecified atom stereocenters. The fourth-order valence-electron chi connectivity index (χ4n) is 2.56. The van der Waals surface area contributed by atoms with E-state index in [-0.39, 0.29) is 17.8 Å². The summed E-state index contributed by atoms with van der Waals surface area (Å²) < 4.78 is 12.9. The van der Waals surface area contributed by atoms with E-state index in [9.17, 15) is 9.18 Å². The molecule has 0 aliphatic carbocycles. The molecule has 0 spiro atoms. The van der Waals surface area contributed by atoms with Gasteiger partial charge >= 0.3 is 0 Å². The molecule has 2 aromatic carbocycles.